The van der Waals surface area contributed by atoms with Crippen molar-refractivity contribution in [3.63, 3.8) is 0 Å². The minimum absolute atomic E-state index is 0.783. The number of nitrogens with zero attached hydrogens (tertiary/aromatic N) is 4. The third-order valence-electron chi connectivity index (χ3n) is 2.58. The van der Waals surface area contributed by atoms with Gasteiger partial charge in [-0.2, -0.15) is 0 Å². The van der Waals surface area contributed by atoms with Crippen LogP contribution in [0.25, 0.3) is 5.82 Å². The van der Waals surface area contributed by atoms with Gasteiger partial charge in [0.15, 0.2) is 10.9 Å². The fourth-order valence-corrected chi connectivity index (χ4v) is 2.87. The maximum absolute atomic E-state index is 5.33. The molecule has 1 aliphatic rings. The van der Waals surface area contributed by atoms with Crippen LogP contribution in [0.3, 0.4) is 0 Å². The van der Waals surface area contributed by atoms with Crippen molar-refractivity contribution in [3.05, 3.63) is 22.5 Å². The number of ether oxygens (including phenoxy) is 1. The lowest BCUT2D eigenvalue weighted by Gasteiger charge is -2.25. The van der Waals surface area contributed by atoms with Gasteiger partial charge in [0.05, 0.1) is 13.2 Å². The van der Waals surface area contributed by atoms with E-state index in [9.17, 15) is 0 Å². The van der Waals surface area contributed by atoms with E-state index in [2.05, 4.69) is 30.8 Å². The minimum atomic E-state index is 0.783. The molecule has 1 aliphatic heterocycles. The lowest BCUT2D eigenvalue weighted by Crippen LogP contribution is -2.36. The van der Waals surface area contributed by atoms with Gasteiger partial charge in [-0.05, 0) is 15.9 Å². The maximum atomic E-state index is 5.33. The van der Waals surface area contributed by atoms with Gasteiger partial charge in [-0.25, -0.2) is 9.97 Å². The molecule has 0 unspecified atom stereocenters. The molecule has 0 aromatic carbocycles. The Hall–Kier alpha value is -0.920. The molecular weight excluding hydrogens is 304 g/mol. The molecule has 0 atom stereocenters. The molecule has 0 bridgehead atoms. The zero-order valence-corrected chi connectivity index (χ0v) is 11.4. The second kappa shape index (κ2) is 4.75. The second-order valence-electron chi connectivity index (χ2n) is 3.69. The van der Waals surface area contributed by atoms with Crippen LogP contribution in [-0.2, 0) is 4.74 Å². The van der Waals surface area contributed by atoms with Crippen LogP contribution in [0.1, 0.15) is 0 Å². The van der Waals surface area contributed by atoms with E-state index in [1.165, 1.54) is 0 Å². The largest absolute Gasteiger partial charge is 0.378 e. The Balaban J connectivity index is 1.82. The molecule has 1 saturated heterocycles. The standard InChI is InChI=1S/C10H11BrN4OS/c11-8-5-15(7-12-8)9-6-17-10(13-9)14-1-3-16-4-2-14/h5-7H,1-4H2. The highest BCUT2D eigenvalue weighted by Gasteiger charge is 2.15. The highest BCUT2D eigenvalue weighted by Crippen LogP contribution is 2.23. The Morgan fingerprint density at radius 3 is 2.88 bits per heavy atom. The minimum Gasteiger partial charge on any atom is -0.378 e. The van der Waals surface area contributed by atoms with Gasteiger partial charge in [0.1, 0.15) is 10.9 Å². The number of rotatable bonds is 2. The fourth-order valence-electron chi connectivity index (χ4n) is 1.70. The first-order valence-corrected chi connectivity index (χ1v) is 6.98. The van der Waals surface area contributed by atoms with Crippen LogP contribution in [0.5, 0.6) is 0 Å². The second-order valence-corrected chi connectivity index (χ2v) is 5.34. The van der Waals surface area contributed by atoms with Crippen LogP contribution >= 0.6 is 27.3 Å². The lowest BCUT2D eigenvalue weighted by molar-refractivity contribution is 0.122. The van der Waals surface area contributed by atoms with Crippen LogP contribution in [0.15, 0.2) is 22.5 Å². The monoisotopic (exact) mass is 314 g/mol. The van der Waals surface area contributed by atoms with Crippen LogP contribution in [0.2, 0.25) is 0 Å². The summed E-state index contributed by atoms with van der Waals surface area (Å²) in [4.78, 5) is 11.0. The molecule has 3 rings (SSSR count). The SMILES string of the molecule is Brc1cn(-c2csc(N3CCOCC3)n2)cn1. The van der Waals surface area contributed by atoms with Crippen LogP contribution in [-0.4, -0.2) is 40.8 Å². The van der Waals surface area contributed by atoms with Gasteiger partial charge in [0.25, 0.3) is 0 Å². The van der Waals surface area contributed by atoms with E-state index in [4.69, 9.17) is 4.74 Å². The van der Waals surface area contributed by atoms with E-state index in [1.54, 1.807) is 17.7 Å². The number of anilines is 1. The third kappa shape index (κ3) is 2.36. The van der Waals surface area contributed by atoms with E-state index < -0.39 is 0 Å². The molecule has 0 aliphatic carbocycles. The van der Waals surface area contributed by atoms with E-state index in [0.717, 1.165) is 41.9 Å². The Kier molecular flexibility index (Phi) is 3.13. The van der Waals surface area contributed by atoms with Crippen LogP contribution in [0.4, 0.5) is 5.13 Å². The summed E-state index contributed by atoms with van der Waals surface area (Å²) in [5.41, 5.74) is 0. The van der Waals surface area contributed by atoms with Crippen LogP contribution < -0.4 is 4.90 Å². The Bertz CT molecular complexity index is 506. The molecule has 7 heteroatoms. The van der Waals surface area contributed by atoms with Gasteiger partial charge in [0.2, 0.25) is 0 Å². The molecule has 1 fully saturated rings. The summed E-state index contributed by atoms with van der Waals surface area (Å²) in [6, 6.07) is 0. The van der Waals surface area contributed by atoms with Gasteiger partial charge in [-0.3, -0.25) is 4.57 Å². The number of hydrogen-bond acceptors (Lipinski definition) is 5. The first kappa shape index (κ1) is 11.2. The van der Waals surface area contributed by atoms with Crippen molar-refractivity contribution in [1.29, 1.82) is 0 Å². The average molecular weight is 315 g/mol. The number of halogens is 1. The normalized spacial score (nSPS) is 16.4. The predicted octanol–water partition coefficient (Wildman–Crippen LogP) is 1.93. The summed E-state index contributed by atoms with van der Waals surface area (Å²) < 4.78 is 8.06. The van der Waals surface area contributed by atoms with Gasteiger partial charge in [-0.1, -0.05) is 0 Å². The van der Waals surface area contributed by atoms with E-state index in [-0.39, 0.29) is 0 Å². The summed E-state index contributed by atoms with van der Waals surface area (Å²) in [6.45, 7) is 3.40. The topological polar surface area (TPSA) is 43.2 Å². The van der Waals surface area contributed by atoms with Crippen molar-refractivity contribution >= 4 is 32.4 Å². The van der Waals surface area contributed by atoms with Gasteiger partial charge in [-0.15, -0.1) is 11.3 Å². The fraction of sp³-hybridized carbons (Fsp3) is 0.400. The third-order valence-corrected chi connectivity index (χ3v) is 3.88. The molecule has 0 radical (unpaired) electrons. The Labute approximate surface area is 111 Å². The molecule has 2 aromatic rings. The van der Waals surface area contributed by atoms with E-state index in [0.29, 0.717) is 0 Å². The Morgan fingerprint density at radius 1 is 1.35 bits per heavy atom. The molecule has 2 aromatic heterocycles. The molecule has 0 amide bonds. The number of aromatic nitrogens is 3. The molecule has 0 N–H and O–H groups in total. The highest BCUT2D eigenvalue weighted by molar-refractivity contribution is 9.10. The first-order chi connectivity index (χ1) is 8.33. The van der Waals surface area contributed by atoms with E-state index in [1.807, 2.05) is 16.1 Å². The van der Waals surface area contributed by atoms with Gasteiger partial charge < -0.3 is 9.64 Å². The van der Waals surface area contributed by atoms with Gasteiger partial charge >= 0.3 is 0 Å². The first-order valence-electron chi connectivity index (χ1n) is 5.31. The van der Waals surface area contributed by atoms with Crippen molar-refractivity contribution in [1.82, 2.24) is 14.5 Å². The molecule has 17 heavy (non-hydrogen) atoms. The number of thiazole rings is 1. The lowest BCUT2D eigenvalue weighted by atomic mass is 10.5. The molecule has 3 heterocycles. The molecule has 0 spiro atoms. The van der Waals surface area contributed by atoms with Crippen molar-refractivity contribution in [2.75, 3.05) is 31.2 Å². The quantitative estimate of drug-likeness (QED) is 0.849. The molecule has 0 saturated carbocycles. The summed E-state index contributed by atoms with van der Waals surface area (Å²) in [7, 11) is 0. The molecule has 90 valence electrons. The van der Waals surface area contributed by atoms with Crippen molar-refractivity contribution < 1.29 is 4.74 Å². The maximum Gasteiger partial charge on any atom is 0.187 e. The summed E-state index contributed by atoms with van der Waals surface area (Å²) in [6.07, 6.45) is 3.65. The highest BCUT2D eigenvalue weighted by atomic mass is 79.9. The van der Waals surface area contributed by atoms with Crippen LogP contribution in [0, 0.1) is 0 Å². The van der Waals surface area contributed by atoms with Gasteiger partial charge in [0, 0.05) is 24.7 Å². The smallest absolute Gasteiger partial charge is 0.187 e. The zero-order chi connectivity index (χ0) is 11.7. The Morgan fingerprint density at radius 2 is 2.18 bits per heavy atom. The number of morpholine rings is 1. The van der Waals surface area contributed by atoms with E-state index >= 15 is 0 Å². The summed E-state index contributed by atoms with van der Waals surface area (Å²) in [5.74, 6) is 0.912. The molecular formula is C10H11BrN4OS. The average Bonchev–Trinajstić information content (AvgIpc) is 2.98. The predicted molar refractivity (Wildman–Crippen MR) is 70.0 cm³/mol. The summed E-state index contributed by atoms with van der Waals surface area (Å²) in [5, 5.41) is 3.09. The number of imidazole rings is 1. The summed E-state index contributed by atoms with van der Waals surface area (Å²) >= 11 is 4.99. The van der Waals surface area contributed by atoms with Crippen molar-refractivity contribution in [3.8, 4) is 5.82 Å². The number of hydrogen-bond donors (Lipinski definition) is 0. The van der Waals surface area contributed by atoms with Crippen molar-refractivity contribution in [2.24, 2.45) is 0 Å². The van der Waals surface area contributed by atoms with Crippen molar-refractivity contribution in [2.45, 2.75) is 0 Å². The molecule has 5 nitrogen and oxygen atoms in total. The zero-order valence-electron chi connectivity index (χ0n) is 9.04.